The Morgan fingerprint density at radius 3 is 2.58 bits per heavy atom. The van der Waals surface area contributed by atoms with Gasteiger partial charge in [0.15, 0.2) is 0 Å². The Balaban J connectivity index is 1.41. The number of ether oxygens (including phenoxy) is 2. The maximum absolute atomic E-state index is 6.23. The first-order valence-corrected chi connectivity index (χ1v) is 9.79. The highest BCUT2D eigenvalue weighted by molar-refractivity contribution is 9.10. The molecule has 3 aromatic carbocycles. The summed E-state index contributed by atoms with van der Waals surface area (Å²) in [6, 6.07) is 22.9. The molecule has 0 radical (unpaired) electrons. The van der Waals surface area contributed by atoms with Gasteiger partial charge in [0.1, 0.15) is 18.0 Å². The highest BCUT2D eigenvalue weighted by Gasteiger charge is 2.27. The van der Waals surface area contributed by atoms with Crippen molar-refractivity contribution in [2.45, 2.75) is 25.2 Å². The molecule has 1 fully saturated rings. The summed E-state index contributed by atoms with van der Waals surface area (Å²) in [5.41, 5.74) is 1.19. The van der Waals surface area contributed by atoms with Gasteiger partial charge in [-0.25, -0.2) is 0 Å². The molecule has 0 aromatic heterocycles. The average molecular weight is 412 g/mol. The van der Waals surface area contributed by atoms with Gasteiger partial charge < -0.3 is 14.8 Å². The molecule has 1 aliphatic rings. The van der Waals surface area contributed by atoms with Crippen molar-refractivity contribution in [3.05, 3.63) is 76.8 Å². The molecule has 0 spiro atoms. The maximum atomic E-state index is 6.23. The lowest BCUT2D eigenvalue weighted by Crippen LogP contribution is -2.48. The quantitative estimate of drug-likeness (QED) is 0.645. The second kappa shape index (κ2) is 8.21. The van der Waals surface area contributed by atoms with Crippen LogP contribution in [0, 0.1) is 0 Å². The van der Waals surface area contributed by atoms with E-state index >= 15 is 0 Å². The van der Waals surface area contributed by atoms with Gasteiger partial charge in [-0.3, -0.25) is 0 Å². The summed E-state index contributed by atoms with van der Waals surface area (Å²) in [7, 11) is 0. The Morgan fingerprint density at radius 2 is 1.73 bits per heavy atom. The molecular weight excluding hydrogens is 390 g/mol. The highest BCUT2D eigenvalue weighted by atomic mass is 79.9. The van der Waals surface area contributed by atoms with Gasteiger partial charge in [0.05, 0.1) is 6.61 Å². The summed E-state index contributed by atoms with van der Waals surface area (Å²) in [5.74, 6) is 0.888. The van der Waals surface area contributed by atoms with Gasteiger partial charge in [0, 0.05) is 11.0 Å². The van der Waals surface area contributed by atoms with Crippen LogP contribution in [-0.4, -0.2) is 25.3 Å². The van der Waals surface area contributed by atoms with Crippen molar-refractivity contribution in [1.29, 1.82) is 0 Å². The first-order chi connectivity index (χ1) is 12.8. The number of piperidine rings is 1. The zero-order valence-corrected chi connectivity index (χ0v) is 16.1. The van der Waals surface area contributed by atoms with E-state index in [1.54, 1.807) is 0 Å². The first-order valence-electron chi connectivity index (χ1n) is 9.00. The smallest absolute Gasteiger partial charge is 0.127 e. The lowest BCUT2D eigenvalue weighted by molar-refractivity contribution is -0.0473. The average Bonchev–Trinajstić information content (AvgIpc) is 2.69. The van der Waals surface area contributed by atoms with Crippen molar-refractivity contribution < 1.29 is 9.47 Å². The summed E-state index contributed by atoms with van der Waals surface area (Å²) in [5, 5.41) is 5.92. The van der Waals surface area contributed by atoms with Gasteiger partial charge in [-0.2, -0.15) is 0 Å². The van der Waals surface area contributed by atoms with Crippen molar-refractivity contribution in [2.75, 3.05) is 13.1 Å². The SMILES string of the molecule is Brc1ccc(OC2CCNCC2OCc2ccc3ccccc3c2)cc1. The van der Waals surface area contributed by atoms with E-state index in [1.165, 1.54) is 16.3 Å². The van der Waals surface area contributed by atoms with E-state index in [0.29, 0.717) is 6.61 Å². The third kappa shape index (κ3) is 4.26. The van der Waals surface area contributed by atoms with Gasteiger partial charge in [0.25, 0.3) is 0 Å². The second-order valence-corrected chi connectivity index (χ2v) is 7.55. The molecule has 3 nitrogen and oxygen atoms in total. The molecule has 4 rings (SSSR count). The van der Waals surface area contributed by atoms with Gasteiger partial charge in [0.2, 0.25) is 0 Å². The van der Waals surface area contributed by atoms with Crippen molar-refractivity contribution in [1.82, 2.24) is 5.32 Å². The van der Waals surface area contributed by atoms with Crippen molar-refractivity contribution in [3.63, 3.8) is 0 Å². The zero-order chi connectivity index (χ0) is 17.8. The lowest BCUT2D eigenvalue weighted by atomic mass is 10.1. The van der Waals surface area contributed by atoms with E-state index in [4.69, 9.17) is 9.47 Å². The van der Waals surface area contributed by atoms with Gasteiger partial charge in [-0.1, -0.05) is 52.3 Å². The maximum Gasteiger partial charge on any atom is 0.127 e. The highest BCUT2D eigenvalue weighted by Crippen LogP contribution is 2.22. The summed E-state index contributed by atoms with van der Waals surface area (Å²) in [4.78, 5) is 0. The summed E-state index contributed by atoms with van der Waals surface area (Å²) in [6.07, 6.45) is 1.05. The number of benzene rings is 3. The largest absolute Gasteiger partial charge is 0.488 e. The molecule has 1 saturated heterocycles. The van der Waals surface area contributed by atoms with Crippen molar-refractivity contribution in [2.24, 2.45) is 0 Å². The predicted octanol–water partition coefficient (Wildman–Crippen LogP) is 4.93. The molecule has 1 N–H and O–H groups in total. The fourth-order valence-electron chi connectivity index (χ4n) is 3.33. The third-order valence-electron chi connectivity index (χ3n) is 4.74. The topological polar surface area (TPSA) is 30.5 Å². The molecular formula is C22H22BrNO2. The number of nitrogens with one attached hydrogen (secondary N) is 1. The van der Waals surface area contributed by atoms with Crippen LogP contribution in [0.3, 0.4) is 0 Å². The van der Waals surface area contributed by atoms with Crippen LogP contribution in [0.15, 0.2) is 71.2 Å². The summed E-state index contributed by atoms with van der Waals surface area (Å²) >= 11 is 3.46. The fraction of sp³-hybridized carbons (Fsp3) is 0.273. The molecule has 0 bridgehead atoms. The lowest BCUT2D eigenvalue weighted by Gasteiger charge is -2.32. The van der Waals surface area contributed by atoms with Crippen molar-refractivity contribution >= 4 is 26.7 Å². The van der Waals surface area contributed by atoms with Crippen LogP contribution < -0.4 is 10.1 Å². The van der Waals surface area contributed by atoms with E-state index < -0.39 is 0 Å². The van der Waals surface area contributed by atoms with E-state index in [1.807, 2.05) is 24.3 Å². The summed E-state index contributed by atoms with van der Waals surface area (Å²) in [6.45, 7) is 2.36. The number of halogens is 1. The standard InChI is InChI=1S/C22H22BrNO2/c23-19-7-9-20(10-8-19)26-21-11-12-24-14-22(21)25-15-16-5-6-17-3-1-2-4-18(17)13-16/h1-10,13,21-22,24H,11-12,14-15H2. The van der Waals surface area contributed by atoms with E-state index in [-0.39, 0.29) is 12.2 Å². The molecule has 0 saturated carbocycles. The minimum absolute atomic E-state index is 0.0406. The number of hydrogen-bond acceptors (Lipinski definition) is 3. The molecule has 26 heavy (non-hydrogen) atoms. The normalized spacial score (nSPS) is 20.2. The number of hydrogen-bond donors (Lipinski definition) is 1. The monoisotopic (exact) mass is 411 g/mol. The molecule has 134 valence electrons. The van der Waals surface area contributed by atoms with Crippen molar-refractivity contribution in [3.8, 4) is 5.75 Å². The molecule has 2 unspecified atom stereocenters. The van der Waals surface area contributed by atoms with E-state index in [2.05, 4.69) is 63.7 Å². The Bertz CT molecular complexity index is 865. The minimum atomic E-state index is 0.0406. The van der Waals surface area contributed by atoms with Crippen LogP contribution in [-0.2, 0) is 11.3 Å². The Labute approximate surface area is 162 Å². The second-order valence-electron chi connectivity index (χ2n) is 6.63. The molecule has 4 heteroatoms. The molecule has 1 aliphatic heterocycles. The van der Waals surface area contributed by atoms with Gasteiger partial charge in [-0.05, 0) is 59.6 Å². The molecule has 2 atom stereocenters. The fourth-order valence-corrected chi connectivity index (χ4v) is 3.59. The van der Waals surface area contributed by atoms with E-state index in [0.717, 1.165) is 29.7 Å². The minimum Gasteiger partial charge on any atom is -0.488 e. The summed E-state index contributed by atoms with van der Waals surface area (Å²) < 4.78 is 13.5. The van der Waals surface area contributed by atoms with Crippen LogP contribution >= 0.6 is 15.9 Å². The molecule has 1 heterocycles. The molecule has 3 aromatic rings. The third-order valence-corrected chi connectivity index (χ3v) is 5.27. The van der Waals surface area contributed by atoms with Gasteiger partial charge >= 0.3 is 0 Å². The van der Waals surface area contributed by atoms with E-state index in [9.17, 15) is 0 Å². The van der Waals surface area contributed by atoms with Crippen LogP contribution in [0.4, 0.5) is 0 Å². The predicted molar refractivity (Wildman–Crippen MR) is 109 cm³/mol. The van der Waals surface area contributed by atoms with Crippen LogP contribution in [0.25, 0.3) is 10.8 Å². The van der Waals surface area contributed by atoms with Crippen LogP contribution in [0.5, 0.6) is 5.75 Å². The Morgan fingerprint density at radius 1 is 0.923 bits per heavy atom. The molecule has 0 aliphatic carbocycles. The Kier molecular flexibility index (Phi) is 5.54. The number of rotatable bonds is 5. The molecule has 0 amide bonds. The van der Waals surface area contributed by atoms with Gasteiger partial charge in [-0.15, -0.1) is 0 Å². The zero-order valence-electron chi connectivity index (χ0n) is 14.5. The number of fused-ring (bicyclic) bond motifs is 1. The van der Waals surface area contributed by atoms with Crippen LogP contribution in [0.1, 0.15) is 12.0 Å². The van der Waals surface area contributed by atoms with Crippen LogP contribution in [0.2, 0.25) is 0 Å². The Hall–Kier alpha value is -1.88. The first kappa shape index (κ1) is 17.5.